The monoisotopic (exact) mass is 215 g/mol. The molecule has 0 aliphatic rings. The van der Waals surface area contributed by atoms with Gasteiger partial charge in [-0.15, -0.1) is 0 Å². The largest absolute Gasteiger partial charge is 0.393 e. The maximum atomic E-state index is 9.75. The molecule has 0 aliphatic carbocycles. The van der Waals surface area contributed by atoms with Crippen LogP contribution in [0.15, 0.2) is 0 Å². The Balaban J connectivity index is 4.08. The zero-order valence-electron chi connectivity index (χ0n) is 11.1. The SMILES string of the molecule is CCCC(CC)NCC(C)(CC)C(C)O. The Morgan fingerprint density at radius 2 is 1.87 bits per heavy atom. The van der Waals surface area contributed by atoms with Crippen LogP contribution < -0.4 is 5.32 Å². The second-order valence-electron chi connectivity index (χ2n) is 4.96. The Hall–Kier alpha value is -0.0800. The molecule has 0 aromatic rings. The molecule has 2 nitrogen and oxygen atoms in total. The van der Waals surface area contributed by atoms with Gasteiger partial charge in [0.1, 0.15) is 0 Å². The first-order valence-electron chi connectivity index (χ1n) is 6.41. The van der Waals surface area contributed by atoms with Crippen LogP contribution in [0.5, 0.6) is 0 Å². The lowest BCUT2D eigenvalue weighted by molar-refractivity contribution is 0.0466. The third-order valence-electron chi connectivity index (χ3n) is 3.74. The lowest BCUT2D eigenvalue weighted by Gasteiger charge is -2.33. The number of hydrogen-bond acceptors (Lipinski definition) is 2. The first kappa shape index (κ1) is 14.9. The van der Waals surface area contributed by atoms with Gasteiger partial charge in [0, 0.05) is 18.0 Å². The minimum absolute atomic E-state index is 0.0150. The van der Waals surface area contributed by atoms with Crippen molar-refractivity contribution in [3.8, 4) is 0 Å². The Morgan fingerprint density at radius 3 is 2.20 bits per heavy atom. The lowest BCUT2D eigenvalue weighted by Crippen LogP contribution is -2.43. The van der Waals surface area contributed by atoms with Crippen LogP contribution in [0, 0.1) is 5.41 Å². The van der Waals surface area contributed by atoms with E-state index in [1.165, 1.54) is 19.3 Å². The standard InChI is InChI=1S/C13H29NO/c1-6-9-12(7-2)14-10-13(5,8-3)11(4)15/h11-12,14-15H,6-10H2,1-5H3. The van der Waals surface area contributed by atoms with Crippen molar-refractivity contribution >= 4 is 0 Å². The molecule has 92 valence electrons. The zero-order chi connectivity index (χ0) is 11.9. The fraction of sp³-hybridized carbons (Fsp3) is 1.00. The van der Waals surface area contributed by atoms with Crippen LogP contribution >= 0.6 is 0 Å². The summed E-state index contributed by atoms with van der Waals surface area (Å²) in [6, 6.07) is 0.611. The third kappa shape index (κ3) is 4.98. The summed E-state index contributed by atoms with van der Waals surface area (Å²) in [7, 11) is 0. The molecule has 0 spiro atoms. The molecule has 3 unspecified atom stereocenters. The summed E-state index contributed by atoms with van der Waals surface area (Å²) >= 11 is 0. The molecule has 0 saturated heterocycles. The van der Waals surface area contributed by atoms with Crippen molar-refractivity contribution in [3.05, 3.63) is 0 Å². The van der Waals surface area contributed by atoms with E-state index < -0.39 is 0 Å². The molecule has 0 saturated carbocycles. The third-order valence-corrected chi connectivity index (χ3v) is 3.74. The van der Waals surface area contributed by atoms with Crippen LogP contribution in [-0.2, 0) is 0 Å². The average Bonchev–Trinajstić information content (AvgIpc) is 2.23. The molecule has 0 rings (SSSR count). The average molecular weight is 215 g/mol. The van der Waals surface area contributed by atoms with E-state index in [4.69, 9.17) is 0 Å². The predicted molar refractivity (Wildman–Crippen MR) is 67.1 cm³/mol. The van der Waals surface area contributed by atoms with Gasteiger partial charge in [-0.3, -0.25) is 0 Å². The van der Waals surface area contributed by atoms with Gasteiger partial charge in [0.05, 0.1) is 6.10 Å². The topological polar surface area (TPSA) is 32.3 Å². The van der Waals surface area contributed by atoms with Crippen molar-refractivity contribution in [2.45, 2.75) is 72.4 Å². The van der Waals surface area contributed by atoms with Crippen LogP contribution in [0.4, 0.5) is 0 Å². The van der Waals surface area contributed by atoms with E-state index in [1.807, 2.05) is 6.92 Å². The Labute approximate surface area is 95.5 Å². The summed E-state index contributed by atoms with van der Waals surface area (Å²) in [4.78, 5) is 0. The first-order valence-corrected chi connectivity index (χ1v) is 6.41. The number of nitrogens with one attached hydrogen (secondary N) is 1. The molecule has 3 atom stereocenters. The molecular weight excluding hydrogens is 186 g/mol. The van der Waals surface area contributed by atoms with E-state index in [-0.39, 0.29) is 11.5 Å². The van der Waals surface area contributed by atoms with E-state index in [9.17, 15) is 5.11 Å². The summed E-state index contributed by atoms with van der Waals surface area (Å²) in [6.45, 7) is 11.6. The fourth-order valence-corrected chi connectivity index (χ4v) is 1.74. The zero-order valence-corrected chi connectivity index (χ0v) is 11.1. The molecule has 15 heavy (non-hydrogen) atoms. The van der Waals surface area contributed by atoms with Gasteiger partial charge >= 0.3 is 0 Å². The normalized spacial score (nSPS) is 19.6. The van der Waals surface area contributed by atoms with Crippen molar-refractivity contribution in [2.75, 3.05) is 6.54 Å². The second kappa shape index (κ2) is 7.24. The van der Waals surface area contributed by atoms with Gasteiger partial charge in [0.25, 0.3) is 0 Å². The molecule has 0 aromatic carbocycles. The Bertz CT molecular complexity index is 159. The van der Waals surface area contributed by atoms with Crippen molar-refractivity contribution in [3.63, 3.8) is 0 Å². The van der Waals surface area contributed by atoms with Crippen molar-refractivity contribution in [1.82, 2.24) is 5.32 Å². The summed E-state index contributed by atoms with van der Waals surface area (Å²) in [6.07, 6.45) is 4.40. The molecule has 0 aromatic heterocycles. The van der Waals surface area contributed by atoms with Crippen LogP contribution in [0.25, 0.3) is 0 Å². The van der Waals surface area contributed by atoms with E-state index in [1.54, 1.807) is 0 Å². The predicted octanol–water partition coefficient (Wildman–Crippen LogP) is 2.95. The number of rotatable bonds is 8. The molecule has 2 heteroatoms. The van der Waals surface area contributed by atoms with Gasteiger partial charge in [0.15, 0.2) is 0 Å². The van der Waals surface area contributed by atoms with Crippen LogP contribution in [0.2, 0.25) is 0 Å². The smallest absolute Gasteiger partial charge is 0.0577 e. The first-order chi connectivity index (χ1) is 7.00. The van der Waals surface area contributed by atoms with Crippen molar-refractivity contribution in [1.29, 1.82) is 0 Å². The second-order valence-corrected chi connectivity index (χ2v) is 4.96. The fourth-order valence-electron chi connectivity index (χ4n) is 1.74. The summed E-state index contributed by atoms with van der Waals surface area (Å²) in [5, 5.41) is 13.3. The number of hydrogen-bond donors (Lipinski definition) is 2. The highest BCUT2D eigenvalue weighted by Gasteiger charge is 2.28. The van der Waals surface area contributed by atoms with Crippen molar-refractivity contribution < 1.29 is 5.11 Å². The highest BCUT2D eigenvalue weighted by atomic mass is 16.3. The Morgan fingerprint density at radius 1 is 1.27 bits per heavy atom. The molecule has 2 N–H and O–H groups in total. The van der Waals surface area contributed by atoms with Crippen molar-refractivity contribution in [2.24, 2.45) is 5.41 Å². The summed E-state index contributed by atoms with van der Waals surface area (Å²) in [5.74, 6) is 0. The van der Waals surface area contributed by atoms with E-state index in [2.05, 4.69) is 33.0 Å². The van der Waals surface area contributed by atoms with Crippen LogP contribution in [0.3, 0.4) is 0 Å². The quantitative estimate of drug-likeness (QED) is 0.652. The van der Waals surface area contributed by atoms with Gasteiger partial charge in [-0.2, -0.15) is 0 Å². The maximum absolute atomic E-state index is 9.75. The maximum Gasteiger partial charge on any atom is 0.0577 e. The molecular formula is C13H29NO. The summed E-state index contributed by atoms with van der Waals surface area (Å²) < 4.78 is 0. The molecule has 0 aliphatic heterocycles. The summed E-state index contributed by atoms with van der Waals surface area (Å²) in [5.41, 5.74) is 0.0150. The highest BCUT2D eigenvalue weighted by molar-refractivity contribution is 4.82. The van der Waals surface area contributed by atoms with E-state index >= 15 is 0 Å². The highest BCUT2D eigenvalue weighted by Crippen LogP contribution is 2.25. The van der Waals surface area contributed by atoms with Gasteiger partial charge < -0.3 is 10.4 Å². The Kier molecular flexibility index (Phi) is 7.20. The molecule has 0 amide bonds. The van der Waals surface area contributed by atoms with E-state index in [0.29, 0.717) is 6.04 Å². The molecule has 0 radical (unpaired) electrons. The molecule has 0 bridgehead atoms. The molecule has 0 fully saturated rings. The van der Waals surface area contributed by atoms with Crippen LogP contribution in [0.1, 0.15) is 60.3 Å². The van der Waals surface area contributed by atoms with Gasteiger partial charge in [-0.05, 0) is 26.2 Å². The number of aliphatic hydroxyl groups excluding tert-OH is 1. The minimum atomic E-state index is -0.242. The lowest BCUT2D eigenvalue weighted by atomic mass is 9.82. The van der Waals surface area contributed by atoms with Gasteiger partial charge in [-0.1, -0.05) is 34.1 Å². The number of aliphatic hydroxyl groups is 1. The molecule has 0 heterocycles. The van der Waals surface area contributed by atoms with Gasteiger partial charge in [-0.25, -0.2) is 0 Å². The minimum Gasteiger partial charge on any atom is -0.393 e. The van der Waals surface area contributed by atoms with Gasteiger partial charge in [0.2, 0.25) is 0 Å². The van der Waals surface area contributed by atoms with E-state index in [0.717, 1.165) is 13.0 Å². The van der Waals surface area contributed by atoms with Crippen LogP contribution in [-0.4, -0.2) is 23.8 Å².